The van der Waals surface area contributed by atoms with Crippen LogP contribution in [0.15, 0.2) is 48.5 Å². The van der Waals surface area contributed by atoms with Crippen molar-refractivity contribution < 1.29 is 9.59 Å². The van der Waals surface area contributed by atoms with Crippen LogP contribution in [-0.2, 0) is 6.54 Å². The Labute approximate surface area is 154 Å². The number of carbonyl (C=O) groups excluding carboxylic acids is 2. The van der Waals surface area contributed by atoms with Gasteiger partial charge in [-0.15, -0.1) is 0 Å². The minimum atomic E-state index is -0.557. The number of urea groups is 1. The lowest BCUT2D eigenvalue weighted by Gasteiger charge is -2.22. The van der Waals surface area contributed by atoms with E-state index >= 15 is 0 Å². The number of benzene rings is 2. The van der Waals surface area contributed by atoms with E-state index in [1.165, 1.54) is 11.1 Å². The van der Waals surface area contributed by atoms with Crippen LogP contribution in [-0.4, -0.2) is 29.4 Å². The highest BCUT2D eigenvalue weighted by Gasteiger charge is 2.34. The van der Waals surface area contributed by atoms with Gasteiger partial charge in [0.05, 0.1) is 0 Å². The van der Waals surface area contributed by atoms with Gasteiger partial charge in [-0.1, -0.05) is 36.4 Å². The third-order valence-electron chi connectivity index (χ3n) is 5.13. The van der Waals surface area contributed by atoms with Crippen LogP contribution in [0, 0.1) is 6.92 Å². The van der Waals surface area contributed by atoms with E-state index < -0.39 is 6.03 Å². The number of aryl methyl sites for hydroxylation is 1. The summed E-state index contributed by atoms with van der Waals surface area (Å²) in [6, 6.07) is 15.4. The Bertz CT molecular complexity index is 801. The number of amides is 3. The van der Waals surface area contributed by atoms with Gasteiger partial charge in [0.1, 0.15) is 0 Å². The van der Waals surface area contributed by atoms with Gasteiger partial charge in [0.2, 0.25) is 0 Å². The molecule has 1 fully saturated rings. The predicted molar refractivity (Wildman–Crippen MR) is 102 cm³/mol. The van der Waals surface area contributed by atoms with E-state index in [1.807, 2.05) is 29.2 Å². The van der Waals surface area contributed by atoms with Gasteiger partial charge in [0.15, 0.2) is 0 Å². The zero-order valence-corrected chi connectivity index (χ0v) is 15.2. The summed E-state index contributed by atoms with van der Waals surface area (Å²) in [7, 11) is 0. The summed E-state index contributed by atoms with van der Waals surface area (Å²) in [5, 5.41) is 2.55. The number of hydrogen-bond acceptors (Lipinski definition) is 2. The summed E-state index contributed by atoms with van der Waals surface area (Å²) in [5.41, 5.74) is 9.28. The van der Waals surface area contributed by atoms with Gasteiger partial charge >= 0.3 is 6.03 Å². The van der Waals surface area contributed by atoms with Crippen molar-refractivity contribution >= 4 is 11.9 Å². The monoisotopic (exact) mass is 351 g/mol. The summed E-state index contributed by atoms with van der Waals surface area (Å²) < 4.78 is 0. The quantitative estimate of drug-likeness (QED) is 0.888. The van der Waals surface area contributed by atoms with Crippen molar-refractivity contribution in [2.45, 2.75) is 38.8 Å². The van der Waals surface area contributed by atoms with Crippen molar-refractivity contribution in [1.29, 1.82) is 0 Å². The molecule has 0 aromatic heterocycles. The Hall–Kier alpha value is -2.82. The SMILES string of the molecule is Cc1ccccc1C1CC(C)N(C(=O)c2ccc(CNC(N)=O)cc2)C1. The molecular formula is C21H25N3O2. The number of hydrogen-bond donors (Lipinski definition) is 2. The second kappa shape index (κ2) is 7.60. The number of primary amides is 1. The highest BCUT2D eigenvalue weighted by atomic mass is 16.2. The van der Waals surface area contributed by atoms with Gasteiger partial charge in [-0.3, -0.25) is 4.79 Å². The Kier molecular flexibility index (Phi) is 5.26. The van der Waals surface area contributed by atoms with Crippen molar-refractivity contribution in [2.24, 2.45) is 5.73 Å². The lowest BCUT2D eigenvalue weighted by atomic mass is 9.93. The lowest BCUT2D eigenvalue weighted by Crippen LogP contribution is -2.34. The van der Waals surface area contributed by atoms with Crippen LogP contribution in [0.4, 0.5) is 4.79 Å². The van der Waals surface area contributed by atoms with Crippen LogP contribution < -0.4 is 11.1 Å². The van der Waals surface area contributed by atoms with Crippen LogP contribution >= 0.6 is 0 Å². The second-order valence-corrected chi connectivity index (χ2v) is 7.01. The smallest absolute Gasteiger partial charge is 0.312 e. The van der Waals surface area contributed by atoms with Gasteiger partial charge in [0.25, 0.3) is 5.91 Å². The van der Waals surface area contributed by atoms with Crippen LogP contribution in [0.1, 0.15) is 46.3 Å². The van der Waals surface area contributed by atoms with E-state index in [0.717, 1.165) is 18.5 Å². The molecule has 1 aliphatic heterocycles. The number of likely N-dealkylation sites (tertiary alicyclic amines) is 1. The van der Waals surface area contributed by atoms with Crippen molar-refractivity contribution in [3.05, 3.63) is 70.8 Å². The minimum Gasteiger partial charge on any atom is -0.352 e. The third kappa shape index (κ3) is 3.87. The maximum absolute atomic E-state index is 12.9. The molecule has 5 heteroatoms. The number of carbonyl (C=O) groups is 2. The third-order valence-corrected chi connectivity index (χ3v) is 5.13. The van der Waals surface area contributed by atoms with E-state index in [1.54, 1.807) is 0 Å². The number of rotatable bonds is 4. The van der Waals surface area contributed by atoms with E-state index in [2.05, 4.69) is 43.4 Å². The van der Waals surface area contributed by atoms with Gasteiger partial charge in [-0.2, -0.15) is 0 Å². The minimum absolute atomic E-state index is 0.0583. The average Bonchev–Trinajstić information content (AvgIpc) is 3.01. The molecule has 26 heavy (non-hydrogen) atoms. The molecule has 2 unspecified atom stereocenters. The molecule has 5 nitrogen and oxygen atoms in total. The molecule has 1 aliphatic rings. The maximum atomic E-state index is 12.9. The standard InChI is InChI=1S/C21H25N3O2/c1-14-5-3-4-6-19(14)18-11-15(2)24(13-18)20(25)17-9-7-16(8-10-17)12-23-21(22)26/h3-10,15,18H,11-13H2,1-2H3,(H3,22,23,26). The molecule has 3 rings (SSSR count). The number of nitrogens with one attached hydrogen (secondary N) is 1. The first kappa shape index (κ1) is 18.0. The van der Waals surface area contributed by atoms with Crippen molar-refractivity contribution in [3.8, 4) is 0 Å². The number of nitrogens with two attached hydrogens (primary N) is 1. The van der Waals surface area contributed by atoms with Gasteiger partial charge in [0, 0.05) is 30.6 Å². The fourth-order valence-electron chi connectivity index (χ4n) is 3.70. The lowest BCUT2D eigenvalue weighted by molar-refractivity contribution is 0.0746. The molecule has 0 aliphatic carbocycles. The highest BCUT2D eigenvalue weighted by molar-refractivity contribution is 5.94. The summed E-state index contributed by atoms with van der Waals surface area (Å²) in [5.74, 6) is 0.442. The largest absolute Gasteiger partial charge is 0.352 e. The van der Waals surface area contributed by atoms with Crippen LogP contribution in [0.2, 0.25) is 0 Å². The fraction of sp³-hybridized carbons (Fsp3) is 0.333. The predicted octanol–water partition coefficient (Wildman–Crippen LogP) is 3.18. The zero-order chi connectivity index (χ0) is 18.7. The Morgan fingerprint density at radius 2 is 1.85 bits per heavy atom. The molecule has 3 amide bonds. The molecule has 0 saturated carbocycles. The second-order valence-electron chi connectivity index (χ2n) is 7.01. The first-order valence-electron chi connectivity index (χ1n) is 8.94. The van der Waals surface area contributed by atoms with E-state index in [0.29, 0.717) is 18.0 Å². The van der Waals surface area contributed by atoms with Crippen molar-refractivity contribution in [3.63, 3.8) is 0 Å². The van der Waals surface area contributed by atoms with Gasteiger partial charge < -0.3 is 16.0 Å². The Morgan fingerprint density at radius 1 is 1.15 bits per heavy atom. The van der Waals surface area contributed by atoms with E-state index in [4.69, 9.17) is 5.73 Å². The molecule has 1 saturated heterocycles. The van der Waals surface area contributed by atoms with Crippen LogP contribution in [0.5, 0.6) is 0 Å². The molecule has 0 radical (unpaired) electrons. The van der Waals surface area contributed by atoms with Gasteiger partial charge in [-0.05, 0) is 49.1 Å². The molecule has 1 heterocycles. The van der Waals surface area contributed by atoms with Crippen LogP contribution in [0.25, 0.3) is 0 Å². The molecule has 0 spiro atoms. The molecular weight excluding hydrogens is 326 g/mol. The van der Waals surface area contributed by atoms with E-state index in [9.17, 15) is 9.59 Å². The molecule has 0 bridgehead atoms. The summed E-state index contributed by atoms with van der Waals surface area (Å²) in [6.45, 7) is 5.35. The van der Waals surface area contributed by atoms with Crippen molar-refractivity contribution in [1.82, 2.24) is 10.2 Å². The maximum Gasteiger partial charge on any atom is 0.312 e. The summed E-state index contributed by atoms with van der Waals surface area (Å²) in [6.07, 6.45) is 0.983. The topological polar surface area (TPSA) is 75.4 Å². The molecule has 3 N–H and O–H groups in total. The molecule has 2 aromatic rings. The average molecular weight is 351 g/mol. The van der Waals surface area contributed by atoms with Crippen molar-refractivity contribution in [2.75, 3.05) is 6.54 Å². The molecule has 2 atom stereocenters. The number of nitrogens with zero attached hydrogens (tertiary/aromatic N) is 1. The first-order chi connectivity index (χ1) is 12.5. The summed E-state index contributed by atoms with van der Waals surface area (Å²) >= 11 is 0. The Morgan fingerprint density at radius 3 is 2.50 bits per heavy atom. The zero-order valence-electron chi connectivity index (χ0n) is 15.2. The van der Waals surface area contributed by atoms with Gasteiger partial charge in [-0.25, -0.2) is 4.79 Å². The normalized spacial score (nSPS) is 19.4. The molecule has 2 aromatic carbocycles. The fourth-order valence-corrected chi connectivity index (χ4v) is 3.70. The highest BCUT2D eigenvalue weighted by Crippen LogP contribution is 2.34. The van der Waals surface area contributed by atoms with Crippen LogP contribution in [0.3, 0.4) is 0 Å². The summed E-state index contributed by atoms with van der Waals surface area (Å²) in [4.78, 5) is 25.7. The molecule has 136 valence electrons. The van der Waals surface area contributed by atoms with E-state index in [-0.39, 0.29) is 11.9 Å². The Balaban J connectivity index is 1.70. The first-order valence-corrected chi connectivity index (χ1v) is 8.94.